The van der Waals surface area contributed by atoms with Gasteiger partial charge < -0.3 is 24.4 Å². The second kappa shape index (κ2) is 7.84. The predicted octanol–water partition coefficient (Wildman–Crippen LogP) is 3.14. The number of hydrogen-bond acceptors (Lipinski definition) is 6. The van der Waals surface area contributed by atoms with Crippen molar-refractivity contribution < 1.29 is 19.1 Å². The number of hydrogen-bond donors (Lipinski definition) is 2. The van der Waals surface area contributed by atoms with E-state index in [9.17, 15) is 5.11 Å². The summed E-state index contributed by atoms with van der Waals surface area (Å²) < 4.78 is 17.6. The molecule has 0 unspecified atom stereocenters. The fraction of sp³-hybridized carbons (Fsp3) is 0.650. The molecule has 6 nitrogen and oxygen atoms in total. The van der Waals surface area contributed by atoms with Crippen molar-refractivity contribution in [2.45, 2.75) is 38.5 Å². The molecule has 1 saturated carbocycles. The summed E-state index contributed by atoms with van der Waals surface area (Å²) in [4.78, 5) is 0. The molecule has 0 spiro atoms. The van der Waals surface area contributed by atoms with Crippen LogP contribution in [0.1, 0.15) is 38.5 Å². The quantitative estimate of drug-likeness (QED) is 0.790. The zero-order valence-corrected chi connectivity index (χ0v) is 15.2. The van der Waals surface area contributed by atoms with E-state index in [4.69, 9.17) is 14.0 Å². The second-order valence-electron chi connectivity index (χ2n) is 7.78. The van der Waals surface area contributed by atoms with Gasteiger partial charge in [-0.2, -0.15) is 0 Å². The average Bonchev–Trinajstić information content (AvgIpc) is 3.33. The SMILES string of the molecule is OCC1(COc2cccc3onc(OCC4CCNCC4)c23)CCCC1. The van der Waals surface area contributed by atoms with Crippen LogP contribution in [0.5, 0.6) is 11.6 Å². The fourth-order valence-corrected chi connectivity index (χ4v) is 4.10. The minimum absolute atomic E-state index is 0.116. The van der Waals surface area contributed by atoms with Gasteiger partial charge in [-0.3, -0.25) is 0 Å². The number of ether oxygens (including phenoxy) is 2. The Kier molecular flexibility index (Phi) is 5.31. The van der Waals surface area contributed by atoms with E-state index in [1.807, 2.05) is 18.2 Å². The van der Waals surface area contributed by atoms with Crippen molar-refractivity contribution in [3.8, 4) is 11.6 Å². The van der Waals surface area contributed by atoms with Crippen LogP contribution in [0.2, 0.25) is 0 Å². The van der Waals surface area contributed by atoms with Gasteiger partial charge >= 0.3 is 0 Å². The molecule has 2 heterocycles. The van der Waals surface area contributed by atoms with E-state index in [1.165, 1.54) is 0 Å². The minimum Gasteiger partial charge on any atom is -0.492 e. The third-order valence-electron chi connectivity index (χ3n) is 5.88. The molecule has 1 aromatic carbocycles. The van der Waals surface area contributed by atoms with Crippen LogP contribution in [-0.2, 0) is 0 Å². The van der Waals surface area contributed by atoms with E-state index in [1.54, 1.807) is 0 Å². The first-order valence-electron chi connectivity index (χ1n) is 9.75. The summed E-state index contributed by atoms with van der Waals surface area (Å²) >= 11 is 0. The molecule has 6 heteroatoms. The summed E-state index contributed by atoms with van der Waals surface area (Å²) in [6.07, 6.45) is 6.60. The molecule has 0 bridgehead atoms. The molecule has 4 rings (SSSR count). The smallest absolute Gasteiger partial charge is 0.265 e. The number of nitrogens with zero attached hydrogens (tertiary/aromatic N) is 1. The van der Waals surface area contributed by atoms with E-state index in [2.05, 4.69) is 10.5 Å². The van der Waals surface area contributed by atoms with E-state index in [0.717, 1.165) is 62.8 Å². The first-order chi connectivity index (χ1) is 12.8. The van der Waals surface area contributed by atoms with Crippen LogP contribution in [0.25, 0.3) is 11.0 Å². The van der Waals surface area contributed by atoms with Crippen LogP contribution in [-0.4, -0.2) is 43.2 Å². The summed E-state index contributed by atoms with van der Waals surface area (Å²) in [5.74, 6) is 1.79. The van der Waals surface area contributed by atoms with E-state index in [-0.39, 0.29) is 12.0 Å². The van der Waals surface area contributed by atoms with Crippen molar-refractivity contribution in [2.75, 3.05) is 32.9 Å². The third-order valence-corrected chi connectivity index (χ3v) is 5.88. The zero-order valence-electron chi connectivity index (χ0n) is 15.2. The third kappa shape index (κ3) is 3.67. The van der Waals surface area contributed by atoms with Gasteiger partial charge in [-0.15, -0.1) is 0 Å². The van der Waals surface area contributed by atoms with Gasteiger partial charge in [0.1, 0.15) is 11.1 Å². The van der Waals surface area contributed by atoms with Crippen molar-refractivity contribution in [1.29, 1.82) is 0 Å². The summed E-state index contributed by atoms with van der Waals surface area (Å²) in [7, 11) is 0. The van der Waals surface area contributed by atoms with Gasteiger partial charge in [0.15, 0.2) is 5.58 Å². The molecule has 0 radical (unpaired) electrons. The number of piperidine rings is 1. The molecule has 1 aliphatic carbocycles. The fourth-order valence-electron chi connectivity index (χ4n) is 4.10. The highest BCUT2D eigenvalue weighted by atomic mass is 16.5. The van der Waals surface area contributed by atoms with Crippen LogP contribution in [0, 0.1) is 11.3 Å². The number of aliphatic hydroxyl groups excluding tert-OH is 1. The Morgan fingerprint density at radius 3 is 2.77 bits per heavy atom. The Morgan fingerprint density at radius 2 is 2.00 bits per heavy atom. The van der Waals surface area contributed by atoms with Gasteiger partial charge in [-0.1, -0.05) is 18.9 Å². The number of nitrogens with one attached hydrogen (secondary N) is 1. The van der Waals surface area contributed by atoms with Gasteiger partial charge in [0.2, 0.25) is 0 Å². The van der Waals surface area contributed by atoms with Gasteiger partial charge in [-0.05, 0) is 62.0 Å². The number of aromatic nitrogens is 1. The normalized spacial score (nSPS) is 20.5. The Bertz CT molecular complexity index is 718. The number of aliphatic hydroxyl groups is 1. The molecule has 26 heavy (non-hydrogen) atoms. The molecule has 142 valence electrons. The lowest BCUT2D eigenvalue weighted by molar-refractivity contribution is 0.0725. The number of benzene rings is 1. The lowest BCUT2D eigenvalue weighted by atomic mass is 9.88. The molecular formula is C20H28N2O4. The van der Waals surface area contributed by atoms with Crippen LogP contribution < -0.4 is 14.8 Å². The Hall–Kier alpha value is -1.79. The molecule has 1 saturated heterocycles. The Labute approximate surface area is 153 Å². The lowest BCUT2D eigenvalue weighted by Gasteiger charge is -2.26. The van der Waals surface area contributed by atoms with Crippen LogP contribution in [0.3, 0.4) is 0 Å². The molecule has 2 aliphatic rings. The summed E-state index contributed by atoms with van der Waals surface area (Å²) in [5, 5.41) is 18.1. The lowest BCUT2D eigenvalue weighted by Crippen LogP contribution is -2.30. The second-order valence-corrected chi connectivity index (χ2v) is 7.78. The number of fused-ring (bicyclic) bond motifs is 1. The standard InChI is InChI=1S/C20H28N2O4/c23-13-20(8-1-2-9-20)14-25-16-4-3-5-17-18(16)19(22-26-17)24-12-15-6-10-21-11-7-15/h3-5,15,21,23H,1-2,6-14H2. The van der Waals surface area contributed by atoms with Crippen LogP contribution in [0.4, 0.5) is 0 Å². The first-order valence-corrected chi connectivity index (χ1v) is 9.75. The molecule has 2 N–H and O–H groups in total. The van der Waals surface area contributed by atoms with Crippen molar-refractivity contribution in [1.82, 2.24) is 10.5 Å². The van der Waals surface area contributed by atoms with Gasteiger partial charge in [0.05, 0.1) is 19.8 Å². The maximum absolute atomic E-state index is 9.81. The summed E-state index contributed by atoms with van der Waals surface area (Å²) in [5.41, 5.74) is 0.558. The maximum atomic E-state index is 9.81. The van der Waals surface area contributed by atoms with Crippen molar-refractivity contribution in [3.63, 3.8) is 0 Å². The van der Waals surface area contributed by atoms with Gasteiger partial charge in [0.25, 0.3) is 5.88 Å². The van der Waals surface area contributed by atoms with Gasteiger partial charge in [0, 0.05) is 5.41 Å². The van der Waals surface area contributed by atoms with E-state index in [0.29, 0.717) is 30.6 Å². The van der Waals surface area contributed by atoms with Crippen molar-refractivity contribution in [3.05, 3.63) is 18.2 Å². The van der Waals surface area contributed by atoms with Crippen molar-refractivity contribution >= 4 is 11.0 Å². The van der Waals surface area contributed by atoms with Gasteiger partial charge in [-0.25, -0.2) is 0 Å². The molecule has 2 aromatic rings. The van der Waals surface area contributed by atoms with E-state index >= 15 is 0 Å². The monoisotopic (exact) mass is 360 g/mol. The molecule has 1 aliphatic heterocycles. The van der Waals surface area contributed by atoms with Crippen LogP contribution >= 0.6 is 0 Å². The molecule has 1 aromatic heterocycles. The maximum Gasteiger partial charge on any atom is 0.265 e. The van der Waals surface area contributed by atoms with E-state index < -0.39 is 0 Å². The highest BCUT2D eigenvalue weighted by Gasteiger charge is 2.34. The molecule has 0 amide bonds. The highest BCUT2D eigenvalue weighted by Crippen LogP contribution is 2.40. The zero-order chi connectivity index (χ0) is 17.8. The average molecular weight is 360 g/mol. The molecule has 0 atom stereocenters. The Balaban J connectivity index is 1.48. The number of rotatable bonds is 7. The molecule has 2 fully saturated rings. The summed E-state index contributed by atoms with van der Waals surface area (Å²) in [6, 6.07) is 5.71. The minimum atomic E-state index is -0.116. The summed E-state index contributed by atoms with van der Waals surface area (Å²) in [6.45, 7) is 3.43. The highest BCUT2D eigenvalue weighted by molar-refractivity contribution is 5.88. The predicted molar refractivity (Wildman–Crippen MR) is 98.6 cm³/mol. The first kappa shape index (κ1) is 17.6. The van der Waals surface area contributed by atoms with Crippen LogP contribution in [0.15, 0.2) is 22.7 Å². The molecular weight excluding hydrogens is 332 g/mol. The topological polar surface area (TPSA) is 76.8 Å². The Morgan fingerprint density at radius 1 is 1.19 bits per heavy atom. The largest absolute Gasteiger partial charge is 0.492 e. The van der Waals surface area contributed by atoms with Crippen molar-refractivity contribution in [2.24, 2.45) is 11.3 Å².